The van der Waals surface area contributed by atoms with Gasteiger partial charge in [0.1, 0.15) is 0 Å². The third-order valence-corrected chi connectivity index (χ3v) is 4.63. The molecule has 6 nitrogen and oxygen atoms in total. The molecule has 136 valence electrons. The quantitative estimate of drug-likeness (QED) is 0.657. The molecular weight excluding hydrogens is 352 g/mol. The van der Waals surface area contributed by atoms with E-state index in [1.807, 2.05) is 24.3 Å². The molecule has 7 heteroatoms. The van der Waals surface area contributed by atoms with Gasteiger partial charge in [0.2, 0.25) is 11.0 Å². The third kappa shape index (κ3) is 6.02. The lowest BCUT2D eigenvalue weighted by Crippen LogP contribution is -2.13. The summed E-state index contributed by atoms with van der Waals surface area (Å²) in [5, 5.41) is 11.6. The summed E-state index contributed by atoms with van der Waals surface area (Å²) in [5.41, 5.74) is 7.89. The summed E-state index contributed by atoms with van der Waals surface area (Å²) in [4.78, 5) is 34.5. The highest BCUT2D eigenvalue weighted by Gasteiger charge is 2.09. The minimum Gasteiger partial charge on any atom is -0.478 e. The van der Waals surface area contributed by atoms with Gasteiger partial charge in [-0.2, -0.15) is 0 Å². The monoisotopic (exact) mass is 372 g/mol. The molecule has 2 rings (SSSR count). The summed E-state index contributed by atoms with van der Waals surface area (Å²) >= 11 is 1.16. The number of aryl methyl sites for hydroxylation is 1. The SMILES string of the molecule is NCC(=O)SCc1ccccc1CCC(=O)Nc1cccc(C(=O)O)c1. The number of amides is 1. The standard InChI is InChI=1S/C19H20N2O4S/c20-11-18(23)26-12-15-5-2-1-4-13(15)8-9-17(22)21-16-7-3-6-14(10-16)19(24)25/h1-7,10H,8-9,11-12,20H2,(H,21,22)(H,24,25). The Labute approximate surface area is 155 Å². The van der Waals surface area contributed by atoms with E-state index in [9.17, 15) is 14.4 Å². The number of anilines is 1. The predicted molar refractivity (Wildman–Crippen MR) is 102 cm³/mol. The highest BCUT2D eigenvalue weighted by molar-refractivity contribution is 8.13. The van der Waals surface area contributed by atoms with Crippen LogP contribution < -0.4 is 11.1 Å². The van der Waals surface area contributed by atoms with E-state index in [0.29, 0.717) is 17.9 Å². The van der Waals surface area contributed by atoms with Crippen molar-refractivity contribution in [2.24, 2.45) is 5.73 Å². The van der Waals surface area contributed by atoms with Gasteiger partial charge < -0.3 is 16.2 Å². The number of benzene rings is 2. The zero-order valence-electron chi connectivity index (χ0n) is 14.1. The number of nitrogens with two attached hydrogens (primary N) is 1. The number of rotatable bonds is 8. The van der Waals surface area contributed by atoms with Gasteiger partial charge in [0.15, 0.2) is 0 Å². The molecule has 0 radical (unpaired) electrons. The lowest BCUT2D eigenvalue weighted by molar-refractivity contribution is -0.116. The Bertz CT molecular complexity index is 808. The largest absolute Gasteiger partial charge is 0.478 e. The van der Waals surface area contributed by atoms with Gasteiger partial charge in [-0.05, 0) is 35.7 Å². The Morgan fingerprint density at radius 1 is 1.04 bits per heavy atom. The van der Waals surface area contributed by atoms with E-state index in [0.717, 1.165) is 22.9 Å². The molecule has 26 heavy (non-hydrogen) atoms. The number of hydrogen-bond acceptors (Lipinski definition) is 5. The van der Waals surface area contributed by atoms with Crippen LogP contribution in [0.25, 0.3) is 0 Å². The van der Waals surface area contributed by atoms with Crippen molar-refractivity contribution in [1.82, 2.24) is 0 Å². The Morgan fingerprint density at radius 3 is 2.46 bits per heavy atom. The molecular formula is C19H20N2O4S. The van der Waals surface area contributed by atoms with Crippen molar-refractivity contribution in [2.75, 3.05) is 11.9 Å². The van der Waals surface area contributed by atoms with Gasteiger partial charge in [-0.15, -0.1) is 0 Å². The lowest BCUT2D eigenvalue weighted by atomic mass is 10.0. The number of hydrogen-bond donors (Lipinski definition) is 3. The summed E-state index contributed by atoms with van der Waals surface area (Å²) in [6.07, 6.45) is 0.780. The van der Waals surface area contributed by atoms with Gasteiger partial charge in [-0.3, -0.25) is 9.59 Å². The molecule has 0 saturated heterocycles. The third-order valence-electron chi connectivity index (χ3n) is 3.69. The van der Waals surface area contributed by atoms with Gasteiger partial charge in [-0.25, -0.2) is 4.79 Å². The van der Waals surface area contributed by atoms with Crippen molar-refractivity contribution in [3.63, 3.8) is 0 Å². The van der Waals surface area contributed by atoms with Crippen LogP contribution in [-0.2, 0) is 21.8 Å². The van der Waals surface area contributed by atoms with Crippen molar-refractivity contribution in [2.45, 2.75) is 18.6 Å². The molecule has 2 aromatic carbocycles. The number of carboxylic acids is 1. The summed E-state index contributed by atoms with van der Waals surface area (Å²) in [6.45, 7) is 0.00461. The van der Waals surface area contributed by atoms with Crippen LogP contribution in [0.1, 0.15) is 27.9 Å². The molecule has 0 aliphatic heterocycles. The van der Waals surface area contributed by atoms with Crippen molar-refractivity contribution in [3.8, 4) is 0 Å². The average molecular weight is 372 g/mol. The van der Waals surface area contributed by atoms with E-state index >= 15 is 0 Å². The Kier molecular flexibility index (Phi) is 7.37. The van der Waals surface area contributed by atoms with Crippen molar-refractivity contribution >= 4 is 34.4 Å². The fourth-order valence-electron chi connectivity index (χ4n) is 2.36. The Balaban J connectivity index is 1.94. The first-order valence-corrected chi connectivity index (χ1v) is 9.04. The van der Waals surface area contributed by atoms with Crippen LogP contribution in [0.3, 0.4) is 0 Å². The van der Waals surface area contributed by atoms with Crippen LogP contribution in [0, 0.1) is 0 Å². The van der Waals surface area contributed by atoms with E-state index in [1.165, 1.54) is 12.1 Å². The topological polar surface area (TPSA) is 109 Å². The normalized spacial score (nSPS) is 10.3. The van der Waals surface area contributed by atoms with Crippen LogP contribution in [0.4, 0.5) is 5.69 Å². The Morgan fingerprint density at radius 2 is 1.77 bits per heavy atom. The second-order valence-electron chi connectivity index (χ2n) is 5.57. The smallest absolute Gasteiger partial charge is 0.335 e. The van der Waals surface area contributed by atoms with Crippen LogP contribution >= 0.6 is 11.8 Å². The number of aromatic carboxylic acids is 1. The molecule has 0 saturated carbocycles. The molecule has 0 aliphatic rings. The number of carbonyl (C=O) groups is 3. The van der Waals surface area contributed by atoms with E-state index in [2.05, 4.69) is 5.32 Å². The molecule has 2 aromatic rings. The van der Waals surface area contributed by atoms with E-state index in [-0.39, 0.29) is 29.6 Å². The molecule has 0 aliphatic carbocycles. The number of carboxylic acid groups (broad SMARTS) is 1. The van der Waals surface area contributed by atoms with Crippen molar-refractivity contribution < 1.29 is 19.5 Å². The number of thioether (sulfide) groups is 1. The minimum absolute atomic E-state index is 0.00461. The molecule has 0 spiro atoms. The first kappa shape index (κ1) is 19.7. The molecule has 0 heterocycles. The van der Waals surface area contributed by atoms with Gasteiger partial charge in [-0.1, -0.05) is 42.1 Å². The fourth-order valence-corrected chi connectivity index (χ4v) is 3.08. The second-order valence-corrected chi connectivity index (χ2v) is 6.60. The van der Waals surface area contributed by atoms with E-state index in [1.54, 1.807) is 12.1 Å². The zero-order valence-corrected chi connectivity index (χ0v) is 14.9. The van der Waals surface area contributed by atoms with Crippen LogP contribution in [-0.4, -0.2) is 28.6 Å². The van der Waals surface area contributed by atoms with Gasteiger partial charge >= 0.3 is 5.97 Å². The van der Waals surface area contributed by atoms with Crippen molar-refractivity contribution in [1.29, 1.82) is 0 Å². The number of nitrogens with one attached hydrogen (secondary N) is 1. The summed E-state index contributed by atoms with van der Waals surface area (Å²) in [5.74, 6) is -0.721. The van der Waals surface area contributed by atoms with E-state index < -0.39 is 5.97 Å². The minimum atomic E-state index is -1.04. The maximum atomic E-state index is 12.2. The maximum Gasteiger partial charge on any atom is 0.335 e. The van der Waals surface area contributed by atoms with Crippen LogP contribution in [0.2, 0.25) is 0 Å². The second kappa shape index (κ2) is 9.74. The van der Waals surface area contributed by atoms with Crippen LogP contribution in [0.15, 0.2) is 48.5 Å². The fraction of sp³-hybridized carbons (Fsp3) is 0.211. The molecule has 0 unspecified atom stereocenters. The highest BCUT2D eigenvalue weighted by Crippen LogP contribution is 2.19. The first-order valence-electron chi connectivity index (χ1n) is 8.05. The molecule has 0 bridgehead atoms. The van der Waals surface area contributed by atoms with Crippen LogP contribution in [0.5, 0.6) is 0 Å². The molecule has 4 N–H and O–H groups in total. The Hall–Kier alpha value is -2.64. The predicted octanol–water partition coefficient (Wildman–Crippen LogP) is 2.67. The van der Waals surface area contributed by atoms with Gasteiger partial charge in [0, 0.05) is 17.9 Å². The molecule has 0 fully saturated rings. The molecule has 0 aromatic heterocycles. The lowest BCUT2D eigenvalue weighted by Gasteiger charge is -2.10. The average Bonchev–Trinajstić information content (AvgIpc) is 2.65. The van der Waals surface area contributed by atoms with Crippen molar-refractivity contribution in [3.05, 3.63) is 65.2 Å². The molecule has 1 amide bonds. The van der Waals surface area contributed by atoms with E-state index in [4.69, 9.17) is 10.8 Å². The van der Waals surface area contributed by atoms with Gasteiger partial charge in [0.25, 0.3) is 0 Å². The number of carbonyl (C=O) groups excluding carboxylic acids is 2. The maximum absolute atomic E-state index is 12.2. The zero-order chi connectivity index (χ0) is 18.9. The van der Waals surface area contributed by atoms with Gasteiger partial charge in [0.05, 0.1) is 12.1 Å². The summed E-state index contributed by atoms with van der Waals surface area (Å²) in [7, 11) is 0. The highest BCUT2D eigenvalue weighted by atomic mass is 32.2. The first-order chi connectivity index (χ1) is 12.5. The summed E-state index contributed by atoms with van der Waals surface area (Å²) < 4.78 is 0. The molecule has 0 atom stereocenters. The summed E-state index contributed by atoms with van der Waals surface area (Å²) in [6, 6.07) is 13.8.